The highest BCUT2D eigenvalue weighted by Gasteiger charge is 2.30. The summed E-state index contributed by atoms with van der Waals surface area (Å²) in [5, 5.41) is 0. The molecular weight excluding hydrogens is 280 g/mol. The molecule has 1 saturated carbocycles. The number of hydrogen-bond acceptors (Lipinski definition) is 4. The Bertz CT molecular complexity index is 410. The molecular formula is C18H26O4. The minimum atomic E-state index is -0.0132. The lowest BCUT2D eigenvalue weighted by Crippen LogP contribution is -2.38. The van der Waals surface area contributed by atoms with Crippen LogP contribution >= 0.6 is 0 Å². The van der Waals surface area contributed by atoms with Gasteiger partial charge in [-0.1, -0.05) is 30.3 Å². The highest BCUT2D eigenvalue weighted by molar-refractivity contribution is 5.13. The van der Waals surface area contributed by atoms with E-state index in [9.17, 15) is 0 Å². The first-order valence-corrected chi connectivity index (χ1v) is 8.40. The van der Waals surface area contributed by atoms with Crippen molar-refractivity contribution in [3.05, 3.63) is 35.9 Å². The number of rotatable bonds is 8. The summed E-state index contributed by atoms with van der Waals surface area (Å²) < 4.78 is 22.8. The van der Waals surface area contributed by atoms with Gasteiger partial charge in [0, 0.05) is 6.61 Å². The van der Waals surface area contributed by atoms with Crippen LogP contribution in [0.2, 0.25) is 0 Å². The summed E-state index contributed by atoms with van der Waals surface area (Å²) in [5.41, 5.74) is 1.23. The Labute approximate surface area is 132 Å². The average Bonchev–Trinajstić information content (AvgIpc) is 2.54. The SMILES string of the molecule is c1ccc(CO[C@H]2C[C@H](OCCOC3CCCCO3)C2)cc1. The summed E-state index contributed by atoms with van der Waals surface area (Å²) in [6.07, 6.45) is 6.01. The molecule has 0 radical (unpaired) electrons. The van der Waals surface area contributed by atoms with E-state index in [1.807, 2.05) is 18.2 Å². The molecule has 22 heavy (non-hydrogen) atoms. The van der Waals surface area contributed by atoms with E-state index in [1.165, 1.54) is 12.0 Å². The van der Waals surface area contributed by atoms with E-state index in [4.69, 9.17) is 18.9 Å². The zero-order chi connectivity index (χ0) is 15.0. The molecule has 0 spiro atoms. The van der Waals surface area contributed by atoms with Crippen LogP contribution in [0.25, 0.3) is 0 Å². The van der Waals surface area contributed by atoms with Crippen LogP contribution in [-0.2, 0) is 25.6 Å². The molecule has 1 aliphatic heterocycles. The minimum absolute atomic E-state index is 0.0132. The van der Waals surface area contributed by atoms with Crippen molar-refractivity contribution in [2.75, 3.05) is 19.8 Å². The molecule has 1 unspecified atom stereocenters. The Kier molecular flexibility index (Phi) is 6.25. The third-order valence-corrected chi connectivity index (χ3v) is 4.26. The molecule has 1 atom stereocenters. The molecule has 0 bridgehead atoms. The second kappa shape index (κ2) is 8.63. The summed E-state index contributed by atoms with van der Waals surface area (Å²) in [4.78, 5) is 0. The van der Waals surface area contributed by atoms with Crippen molar-refractivity contribution in [3.63, 3.8) is 0 Å². The third kappa shape index (κ3) is 5.06. The summed E-state index contributed by atoms with van der Waals surface area (Å²) in [6.45, 7) is 2.79. The third-order valence-electron chi connectivity index (χ3n) is 4.26. The first kappa shape index (κ1) is 15.9. The maximum atomic E-state index is 5.86. The van der Waals surface area contributed by atoms with Crippen molar-refractivity contribution >= 4 is 0 Å². The molecule has 3 rings (SSSR count). The maximum absolute atomic E-state index is 5.86. The van der Waals surface area contributed by atoms with Crippen LogP contribution in [0.4, 0.5) is 0 Å². The molecule has 2 aliphatic rings. The van der Waals surface area contributed by atoms with Crippen LogP contribution in [0.5, 0.6) is 0 Å². The van der Waals surface area contributed by atoms with E-state index in [2.05, 4.69) is 12.1 Å². The van der Waals surface area contributed by atoms with Crippen LogP contribution in [0.3, 0.4) is 0 Å². The van der Waals surface area contributed by atoms with E-state index in [0.29, 0.717) is 32.0 Å². The fourth-order valence-electron chi connectivity index (χ4n) is 2.81. The van der Waals surface area contributed by atoms with Gasteiger partial charge in [0.25, 0.3) is 0 Å². The van der Waals surface area contributed by atoms with Crippen molar-refractivity contribution in [1.82, 2.24) is 0 Å². The number of benzene rings is 1. The predicted octanol–water partition coefficient (Wildman–Crippen LogP) is 3.29. The van der Waals surface area contributed by atoms with Gasteiger partial charge in [0.1, 0.15) is 0 Å². The fourth-order valence-corrected chi connectivity index (χ4v) is 2.81. The smallest absolute Gasteiger partial charge is 0.157 e. The van der Waals surface area contributed by atoms with Gasteiger partial charge in [-0.3, -0.25) is 0 Å². The fraction of sp³-hybridized carbons (Fsp3) is 0.667. The van der Waals surface area contributed by atoms with Gasteiger partial charge in [0.15, 0.2) is 6.29 Å². The molecule has 0 aromatic heterocycles. The van der Waals surface area contributed by atoms with Crippen molar-refractivity contribution in [2.45, 2.75) is 57.2 Å². The Morgan fingerprint density at radius 2 is 1.68 bits per heavy atom. The molecule has 1 aromatic rings. The summed E-state index contributed by atoms with van der Waals surface area (Å²) in [7, 11) is 0. The van der Waals surface area contributed by atoms with Gasteiger partial charge in [0.2, 0.25) is 0 Å². The molecule has 1 saturated heterocycles. The topological polar surface area (TPSA) is 36.9 Å². The molecule has 4 nitrogen and oxygen atoms in total. The van der Waals surface area contributed by atoms with Crippen LogP contribution in [-0.4, -0.2) is 38.3 Å². The van der Waals surface area contributed by atoms with Gasteiger partial charge in [0.05, 0.1) is 32.0 Å². The van der Waals surface area contributed by atoms with Crippen molar-refractivity contribution < 1.29 is 18.9 Å². The van der Waals surface area contributed by atoms with Gasteiger partial charge in [-0.15, -0.1) is 0 Å². The van der Waals surface area contributed by atoms with Crippen molar-refractivity contribution in [3.8, 4) is 0 Å². The molecule has 1 aliphatic carbocycles. The quantitative estimate of drug-likeness (QED) is 0.691. The van der Waals surface area contributed by atoms with E-state index < -0.39 is 0 Å². The van der Waals surface area contributed by atoms with E-state index in [0.717, 1.165) is 32.3 Å². The van der Waals surface area contributed by atoms with Crippen molar-refractivity contribution in [2.24, 2.45) is 0 Å². The summed E-state index contributed by atoms with van der Waals surface area (Å²) in [5.74, 6) is 0. The van der Waals surface area contributed by atoms with Crippen LogP contribution in [0.1, 0.15) is 37.7 Å². The summed E-state index contributed by atoms with van der Waals surface area (Å²) >= 11 is 0. The maximum Gasteiger partial charge on any atom is 0.157 e. The molecule has 1 aromatic carbocycles. The normalized spacial score (nSPS) is 28.3. The average molecular weight is 306 g/mol. The standard InChI is InChI=1S/C18H26O4/c1-2-6-15(7-3-1)14-22-17-12-16(13-17)19-10-11-21-18-8-4-5-9-20-18/h1-3,6-7,16-18H,4-5,8-14H2/t16-,17-,18?. The largest absolute Gasteiger partial charge is 0.376 e. The van der Waals surface area contributed by atoms with E-state index in [-0.39, 0.29) is 6.29 Å². The Morgan fingerprint density at radius 1 is 0.909 bits per heavy atom. The van der Waals surface area contributed by atoms with E-state index in [1.54, 1.807) is 0 Å². The molecule has 2 fully saturated rings. The molecule has 122 valence electrons. The van der Waals surface area contributed by atoms with Crippen molar-refractivity contribution in [1.29, 1.82) is 0 Å². The Hall–Kier alpha value is -0.940. The molecule has 0 amide bonds. The zero-order valence-corrected chi connectivity index (χ0v) is 13.1. The molecule has 0 N–H and O–H groups in total. The first-order chi connectivity index (χ1) is 10.9. The van der Waals surface area contributed by atoms with Gasteiger partial charge >= 0.3 is 0 Å². The predicted molar refractivity (Wildman–Crippen MR) is 83.5 cm³/mol. The van der Waals surface area contributed by atoms with Gasteiger partial charge in [-0.05, 0) is 37.7 Å². The van der Waals surface area contributed by atoms with E-state index >= 15 is 0 Å². The second-order valence-corrected chi connectivity index (χ2v) is 6.05. The number of ether oxygens (including phenoxy) is 4. The van der Waals surface area contributed by atoms with Gasteiger partial charge in [-0.2, -0.15) is 0 Å². The van der Waals surface area contributed by atoms with Crippen LogP contribution in [0.15, 0.2) is 30.3 Å². The van der Waals surface area contributed by atoms with Gasteiger partial charge < -0.3 is 18.9 Å². The molecule has 4 heteroatoms. The highest BCUT2D eigenvalue weighted by atomic mass is 16.7. The highest BCUT2D eigenvalue weighted by Crippen LogP contribution is 2.27. The lowest BCUT2D eigenvalue weighted by molar-refractivity contribution is -0.178. The number of hydrogen-bond donors (Lipinski definition) is 0. The summed E-state index contributed by atoms with van der Waals surface area (Å²) in [6, 6.07) is 10.3. The zero-order valence-electron chi connectivity index (χ0n) is 13.1. The Balaban J connectivity index is 1.19. The van der Waals surface area contributed by atoms with Crippen LogP contribution < -0.4 is 0 Å². The lowest BCUT2D eigenvalue weighted by Gasteiger charge is -2.35. The Morgan fingerprint density at radius 3 is 2.45 bits per heavy atom. The van der Waals surface area contributed by atoms with Gasteiger partial charge in [-0.25, -0.2) is 0 Å². The lowest BCUT2D eigenvalue weighted by atomic mass is 9.92. The molecule has 1 heterocycles. The minimum Gasteiger partial charge on any atom is -0.376 e. The monoisotopic (exact) mass is 306 g/mol. The second-order valence-electron chi connectivity index (χ2n) is 6.05. The first-order valence-electron chi connectivity index (χ1n) is 8.40. The van der Waals surface area contributed by atoms with Crippen LogP contribution in [0, 0.1) is 0 Å².